The van der Waals surface area contributed by atoms with Crippen LogP contribution in [-0.2, 0) is 4.84 Å². The molecule has 5 nitrogen and oxygen atoms in total. The molecule has 0 aliphatic carbocycles. The Kier molecular flexibility index (Phi) is 2.94. The molecule has 0 spiro atoms. The molecule has 0 saturated carbocycles. The number of anilines is 1. The van der Waals surface area contributed by atoms with Gasteiger partial charge in [0.2, 0.25) is 0 Å². The summed E-state index contributed by atoms with van der Waals surface area (Å²) in [5, 5.41) is 5.49. The first-order valence-corrected chi connectivity index (χ1v) is 3.54. The van der Waals surface area contributed by atoms with Gasteiger partial charge in [-0.3, -0.25) is 0 Å². The van der Waals surface area contributed by atoms with Crippen molar-refractivity contribution in [1.29, 1.82) is 0 Å². The van der Waals surface area contributed by atoms with E-state index < -0.39 is 0 Å². The first-order chi connectivity index (χ1) is 5.86. The lowest BCUT2D eigenvalue weighted by molar-refractivity contribution is -0.868. The van der Waals surface area contributed by atoms with Gasteiger partial charge in [-0.2, -0.15) is 0 Å². The SMILES string of the molecule is NC1=NN(c2ccccc2)[NH2+]O1.[Cl-]. The number of quaternary nitrogens is 1. The third-order valence-electron chi connectivity index (χ3n) is 1.50. The zero-order valence-corrected chi connectivity index (χ0v) is 7.48. The molecule has 0 radical (unpaired) electrons. The summed E-state index contributed by atoms with van der Waals surface area (Å²) in [6, 6.07) is 9.79. The largest absolute Gasteiger partial charge is 1.00 e. The molecule has 1 heterocycles. The minimum absolute atomic E-state index is 0. The lowest BCUT2D eigenvalue weighted by atomic mass is 10.3. The molecule has 13 heavy (non-hydrogen) atoms. The predicted octanol–water partition coefficient (Wildman–Crippen LogP) is -3.85. The first kappa shape index (κ1) is 9.63. The Bertz CT molecular complexity index is 303. The van der Waals surface area contributed by atoms with E-state index in [-0.39, 0.29) is 18.4 Å². The Morgan fingerprint density at radius 1 is 1.31 bits per heavy atom. The predicted molar refractivity (Wildman–Crippen MR) is 43.6 cm³/mol. The van der Waals surface area contributed by atoms with Gasteiger partial charge in [-0.25, -0.2) is 4.84 Å². The highest BCUT2D eigenvalue weighted by atomic mass is 35.5. The van der Waals surface area contributed by atoms with Crippen molar-refractivity contribution < 1.29 is 22.8 Å². The van der Waals surface area contributed by atoms with E-state index in [1.807, 2.05) is 30.3 Å². The fraction of sp³-hybridized carbons (Fsp3) is 0. The molecule has 2 rings (SSSR count). The molecule has 70 valence electrons. The topological polar surface area (TPSA) is 67.5 Å². The van der Waals surface area contributed by atoms with Gasteiger partial charge >= 0.3 is 6.02 Å². The van der Waals surface area contributed by atoms with Crippen LogP contribution in [0.15, 0.2) is 35.4 Å². The zero-order valence-electron chi connectivity index (χ0n) is 6.72. The highest BCUT2D eigenvalue weighted by Gasteiger charge is 2.17. The number of para-hydroxylation sites is 1. The number of nitrogens with zero attached hydrogens (tertiary/aromatic N) is 2. The van der Waals surface area contributed by atoms with Crippen molar-refractivity contribution in [1.82, 2.24) is 0 Å². The third-order valence-corrected chi connectivity index (χ3v) is 1.50. The molecular formula is C7H9ClN4O. The second-order valence-corrected chi connectivity index (χ2v) is 2.34. The van der Waals surface area contributed by atoms with Crippen molar-refractivity contribution in [3.63, 3.8) is 0 Å². The Hall–Kier alpha value is -1.46. The molecule has 1 aromatic carbocycles. The molecule has 0 fully saturated rings. The summed E-state index contributed by atoms with van der Waals surface area (Å²) < 4.78 is 0. The van der Waals surface area contributed by atoms with Gasteiger partial charge in [0.1, 0.15) is 5.69 Å². The summed E-state index contributed by atoms with van der Waals surface area (Å²) in [5.74, 6) is 0. The van der Waals surface area contributed by atoms with Gasteiger partial charge < -0.3 is 18.1 Å². The zero-order chi connectivity index (χ0) is 8.39. The fourth-order valence-corrected chi connectivity index (χ4v) is 0.957. The molecule has 1 aromatic rings. The number of benzene rings is 1. The van der Waals surface area contributed by atoms with E-state index in [1.54, 1.807) is 5.12 Å². The summed E-state index contributed by atoms with van der Waals surface area (Å²) >= 11 is 0. The molecule has 0 bridgehead atoms. The van der Waals surface area contributed by atoms with Crippen molar-refractivity contribution in [3.8, 4) is 0 Å². The minimum atomic E-state index is 0. The van der Waals surface area contributed by atoms with Gasteiger partial charge in [0, 0.05) is 0 Å². The molecule has 1 aliphatic rings. The molecule has 0 amide bonds. The average Bonchev–Trinajstić information content (AvgIpc) is 2.54. The van der Waals surface area contributed by atoms with Gasteiger partial charge in [-0.15, -0.1) is 0 Å². The number of nitrogens with two attached hydrogens (primary N) is 2. The Labute approximate surface area is 81.5 Å². The molecule has 0 saturated heterocycles. The molecule has 0 aromatic heterocycles. The van der Waals surface area contributed by atoms with Crippen LogP contribution in [0.2, 0.25) is 0 Å². The van der Waals surface area contributed by atoms with E-state index >= 15 is 0 Å². The third kappa shape index (κ3) is 2.01. The molecule has 0 atom stereocenters. The smallest absolute Gasteiger partial charge is 0.374 e. The van der Waals surface area contributed by atoms with E-state index in [2.05, 4.69) is 5.10 Å². The average molecular weight is 201 g/mol. The standard InChI is InChI=1S/C7H8N4O.ClH/c8-7-9-11(10-12-7)6-4-2-1-3-5-6;/h1-5,10H,(H2,8,9);1H. The van der Waals surface area contributed by atoms with Crippen molar-refractivity contribution in [3.05, 3.63) is 30.3 Å². The maximum Gasteiger partial charge on any atom is 0.374 e. The highest BCUT2D eigenvalue weighted by molar-refractivity contribution is 5.72. The number of hydrogen-bond donors (Lipinski definition) is 2. The molecule has 1 aliphatic heterocycles. The Morgan fingerprint density at radius 3 is 2.54 bits per heavy atom. The van der Waals surface area contributed by atoms with Crippen LogP contribution in [0.3, 0.4) is 0 Å². The molecule has 6 heteroatoms. The Balaban J connectivity index is 0.000000845. The first-order valence-electron chi connectivity index (χ1n) is 3.54. The summed E-state index contributed by atoms with van der Waals surface area (Å²) in [6.45, 7) is 0. The van der Waals surface area contributed by atoms with E-state index in [0.717, 1.165) is 5.69 Å². The number of hydrogen-bond acceptors (Lipinski definition) is 4. The van der Waals surface area contributed by atoms with E-state index in [9.17, 15) is 0 Å². The van der Waals surface area contributed by atoms with Gasteiger partial charge in [0.15, 0.2) is 0 Å². The number of amidine groups is 1. The van der Waals surface area contributed by atoms with Crippen LogP contribution >= 0.6 is 0 Å². The van der Waals surface area contributed by atoms with Crippen molar-refractivity contribution >= 4 is 11.7 Å². The second-order valence-electron chi connectivity index (χ2n) is 2.34. The fourth-order valence-electron chi connectivity index (χ4n) is 0.957. The van der Waals surface area contributed by atoms with Gasteiger partial charge in [-0.1, -0.05) is 28.4 Å². The van der Waals surface area contributed by atoms with Crippen molar-refractivity contribution in [2.24, 2.45) is 10.8 Å². The van der Waals surface area contributed by atoms with Gasteiger partial charge in [0.25, 0.3) is 0 Å². The van der Waals surface area contributed by atoms with Crippen LogP contribution in [0.25, 0.3) is 0 Å². The maximum atomic E-state index is 5.32. The maximum absolute atomic E-state index is 5.32. The van der Waals surface area contributed by atoms with Crippen LogP contribution < -0.4 is 28.8 Å². The molecule has 4 N–H and O–H groups in total. The Morgan fingerprint density at radius 2 is 2.00 bits per heavy atom. The van der Waals surface area contributed by atoms with Crippen LogP contribution in [0, 0.1) is 0 Å². The number of rotatable bonds is 1. The monoisotopic (exact) mass is 200 g/mol. The van der Waals surface area contributed by atoms with Crippen molar-refractivity contribution in [2.75, 3.05) is 5.12 Å². The normalized spacial score (nSPS) is 14.5. The summed E-state index contributed by atoms with van der Waals surface area (Å²) in [4.78, 5) is 4.85. The quantitative estimate of drug-likeness (QED) is 0.457. The second kappa shape index (κ2) is 3.97. The van der Waals surface area contributed by atoms with E-state index in [4.69, 9.17) is 10.6 Å². The minimum Gasteiger partial charge on any atom is -1.00 e. The number of hydrazone groups is 1. The summed E-state index contributed by atoms with van der Waals surface area (Å²) in [6.07, 6.45) is 0. The number of halogens is 1. The van der Waals surface area contributed by atoms with Gasteiger partial charge in [-0.05, 0) is 17.7 Å². The van der Waals surface area contributed by atoms with E-state index in [0.29, 0.717) is 0 Å². The van der Waals surface area contributed by atoms with Crippen LogP contribution in [0.5, 0.6) is 0 Å². The van der Waals surface area contributed by atoms with Crippen molar-refractivity contribution in [2.45, 2.75) is 0 Å². The van der Waals surface area contributed by atoms with Crippen LogP contribution in [0.4, 0.5) is 5.69 Å². The van der Waals surface area contributed by atoms with E-state index in [1.165, 1.54) is 5.59 Å². The van der Waals surface area contributed by atoms with Crippen LogP contribution in [0.1, 0.15) is 0 Å². The summed E-state index contributed by atoms with van der Waals surface area (Å²) in [5.41, 5.74) is 7.71. The summed E-state index contributed by atoms with van der Waals surface area (Å²) in [7, 11) is 0. The molecule has 0 unspecified atom stereocenters. The molecular weight excluding hydrogens is 192 g/mol. The van der Waals surface area contributed by atoms with Gasteiger partial charge in [0.05, 0.1) is 0 Å². The van der Waals surface area contributed by atoms with Crippen LogP contribution in [-0.4, -0.2) is 6.02 Å². The lowest BCUT2D eigenvalue weighted by Gasteiger charge is -2.04. The lowest BCUT2D eigenvalue weighted by Crippen LogP contribution is -3.00. The highest BCUT2D eigenvalue weighted by Crippen LogP contribution is 2.09.